The molecule has 10 aromatic carbocycles. The van der Waals surface area contributed by atoms with Crippen LogP contribution in [0.15, 0.2) is 224 Å². The molecule has 0 unspecified atom stereocenters. The highest BCUT2D eigenvalue weighted by Crippen LogP contribution is 2.46. The lowest BCUT2D eigenvalue weighted by Crippen LogP contribution is -2.01. The summed E-state index contributed by atoms with van der Waals surface area (Å²) in [6, 6.07) is 80.7. The highest BCUT2D eigenvalue weighted by Gasteiger charge is 2.24. The number of nitrogens with zero attached hydrogens (tertiary/aromatic N) is 5. The average molecular weight is 928 g/mol. The first kappa shape index (κ1) is 39.3. The zero-order valence-corrected chi connectivity index (χ0v) is 39.0. The van der Waals surface area contributed by atoms with Crippen LogP contribution in [0, 0.1) is 0 Å². The first-order chi connectivity index (χ1) is 34.7. The predicted molar refractivity (Wildman–Crippen MR) is 296 cm³/mol. The highest BCUT2D eigenvalue weighted by atomic mass is 32.1. The molecular formula is C63H37N5S2. The van der Waals surface area contributed by atoms with Crippen molar-refractivity contribution in [2.45, 2.75) is 0 Å². The van der Waals surface area contributed by atoms with Gasteiger partial charge in [-0.3, -0.25) is 0 Å². The normalized spacial score (nSPS) is 12.0. The molecule has 15 rings (SSSR count). The quantitative estimate of drug-likeness (QED) is 0.167. The summed E-state index contributed by atoms with van der Waals surface area (Å²) in [5.74, 6) is 1.90. The maximum absolute atomic E-state index is 5.58. The molecule has 0 aliphatic rings. The average Bonchev–Trinajstić information content (AvgIpc) is 4.19. The molecule has 0 bridgehead atoms. The second kappa shape index (κ2) is 15.4. The predicted octanol–water partition coefficient (Wildman–Crippen LogP) is 17.5. The number of aromatic nitrogens is 5. The zero-order chi connectivity index (χ0) is 45.9. The Balaban J connectivity index is 1.02. The Hall–Kier alpha value is -8.75. The minimum absolute atomic E-state index is 0.626. The Bertz CT molecular complexity index is 4600. The molecule has 326 valence electrons. The molecule has 0 spiro atoms. The van der Waals surface area contributed by atoms with Crippen LogP contribution < -0.4 is 0 Å². The molecule has 0 saturated carbocycles. The maximum Gasteiger partial charge on any atom is 0.164 e. The van der Waals surface area contributed by atoms with E-state index < -0.39 is 0 Å². The molecule has 5 heterocycles. The van der Waals surface area contributed by atoms with Gasteiger partial charge >= 0.3 is 0 Å². The Morgan fingerprint density at radius 2 is 0.829 bits per heavy atom. The molecule has 70 heavy (non-hydrogen) atoms. The van der Waals surface area contributed by atoms with Crippen LogP contribution in [-0.2, 0) is 0 Å². The van der Waals surface area contributed by atoms with Crippen LogP contribution in [0.2, 0.25) is 0 Å². The number of fused-ring (bicyclic) bond motifs is 12. The topological polar surface area (TPSA) is 48.5 Å². The monoisotopic (exact) mass is 927 g/mol. The van der Waals surface area contributed by atoms with E-state index in [1.165, 1.54) is 62.4 Å². The van der Waals surface area contributed by atoms with Crippen molar-refractivity contribution in [3.63, 3.8) is 0 Å². The standard InChI is InChI=1S/C63H37N5S2/c1-3-17-38(18-4-1)41-24-15-33-54-58(41)59-48(27-16-34-55(59)70-54)63-65-61(39-35-36-44-43-22-9-12-32-53(43)69-56(44)37-39)64-62(66-63)47-26-14-30-51-57(47)46-23-8-11-29-50(46)68(51)52-31-13-25-45-42-21-7-10-28-49(42)67(60(45)52)40-19-5-2-6-20-40/h1-37H. The van der Waals surface area contributed by atoms with E-state index in [4.69, 9.17) is 15.0 Å². The fourth-order valence-corrected chi connectivity index (χ4v) is 13.3. The minimum atomic E-state index is 0.626. The molecule has 0 N–H and O–H groups in total. The molecule has 0 aliphatic heterocycles. The summed E-state index contributed by atoms with van der Waals surface area (Å²) in [5.41, 5.74) is 12.0. The van der Waals surface area contributed by atoms with Gasteiger partial charge in [0.15, 0.2) is 17.5 Å². The SMILES string of the molecule is c1ccc(-c2cccc3sc4cccc(-c5nc(-c6ccc7c(c6)sc6ccccc67)nc(-c6cccc7c6c6ccccc6n7-c6cccc7c8ccccc8n(-c8ccccc8)c67)n5)c4c23)cc1. The summed E-state index contributed by atoms with van der Waals surface area (Å²) in [7, 11) is 0. The smallest absolute Gasteiger partial charge is 0.164 e. The van der Waals surface area contributed by atoms with Crippen molar-refractivity contribution in [2.75, 3.05) is 0 Å². The third kappa shape index (κ3) is 5.86. The first-order valence-electron chi connectivity index (χ1n) is 23.5. The fraction of sp³-hybridized carbons (Fsp3) is 0. The van der Waals surface area contributed by atoms with Gasteiger partial charge in [-0.15, -0.1) is 22.7 Å². The third-order valence-corrected chi connectivity index (χ3v) is 16.2. The third-order valence-electron chi connectivity index (χ3n) is 14.0. The van der Waals surface area contributed by atoms with E-state index in [9.17, 15) is 0 Å². The Kier molecular flexibility index (Phi) is 8.63. The number of benzene rings is 10. The number of thiophene rings is 2. The van der Waals surface area contributed by atoms with E-state index in [2.05, 4.69) is 234 Å². The Morgan fingerprint density at radius 3 is 1.61 bits per heavy atom. The van der Waals surface area contributed by atoms with Crippen molar-refractivity contribution in [1.82, 2.24) is 24.1 Å². The molecule has 7 heteroatoms. The molecule has 0 saturated heterocycles. The van der Waals surface area contributed by atoms with Crippen LogP contribution in [0.4, 0.5) is 0 Å². The Morgan fingerprint density at radius 1 is 0.300 bits per heavy atom. The Labute approximate surface area is 409 Å². The molecule has 0 aliphatic carbocycles. The van der Waals surface area contributed by atoms with E-state index in [1.54, 1.807) is 11.3 Å². The first-order valence-corrected chi connectivity index (χ1v) is 25.2. The van der Waals surface area contributed by atoms with Crippen molar-refractivity contribution >= 4 is 107 Å². The molecule has 0 fully saturated rings. The van der Waals surface area contributed by atoms with E-state index in [0.717, 1.165) is 60.8 Å². The lowest BCUT2D eigenvalue weighted by Gasteiger charge is -2.14. The second-order valence-corrected chi connectivity index (χ2v) is 20.0. The second-order valence-electron chi connectivity index (χ2n) is 17.9. The molecule has 5 aromatic heterocycles. The summed E-state index contributed by atoms with van der Waals surface area (Å²) in [6.07, 6.45) is 0. The van der Waals surface area contributed by atoms with Crippen molar-refractivity contribution < 1.29 is 0 Å². The van der Waals surface area contributed by atoms with E-state index in [1.807, 2.05) is 11.3 Å². The summed E-state index contributed by atoms with van der Waals surface area (Å²) >= 11 is 3.62. The summed E-state index contributed by atoms with van der Waals surface area (Å²) in [4.78, 5) is 16.5. The van der Waals surface area contributed by atoms with Gasteiger partial charge in [0.2, 0.25) is 0 Å². The molecule has 0 amide bonds. The van der Waals surface area contributed by atoms with Crippen molar-refractivity contribution in [3.8, 4) is 56.7 Å². The van der Waals surface area contributed by atoms with Gasteiger partial charge in [0, 0.05) is 84.3 Å². The van der Waals surface area contributed by atoms with Gasteiger partial charge in [0.25, 0.3) is 0 Å². The van der Waals surface area contributed by atoms with Crippen LogP contribution in [0.5, 0.6) is 0 Å². The molecule has 0 atom stereocenters. The van der Waals surface area contributed by atoms with Crippen molar-refractivity contribution in [3.05, 3.63) is 224 Å². The highest BCUT2D eigenvalue weighted by molar-refractivity contribution is 7.26. The fourth-order valence-electron chi connectivity index (χ4n) is 11.0. The zero-order valence-electron chi connectivity index (χ0n) is 37.4. The maximum atomic E-state index is 5.58. The summed E-state index contributed by atoms with van der Waals surface area (Å²) < 4.78 is 9.75. The lowest BCUT2D eigenvalue weighted by molar-refractivity contribution is 1.08. The minimum Gasteiger partial charge on any atom is -0.307 e. The number of hydrogen-bond acceptors (Lipinski definition) is 5. The van der Waals surface area contributed by atoms with E-state index in [-0.39, 0.29) is 0 Å². The molecule has 15 aromatic rings. The van der Waals surface area contributed by atoms with E-state index >= 15 is 0 Å². The molecule has 0 radical (unpaired) electrons. The van der Waals surface area contributed by atoms with Crippen molar-refractivity contribution in [1.29, 1.82) is 0 Å². The van der Waals surface area contributed by atoms with Crippen LogP contribution >= 0.6 is 22.7 Å². The number of rotatable bonds is 6. The van der Waals surface area contributed by atoms with Crippen molar-refractivity contribution in [2.24, 2.45) is 0 Å². The summed E-state index contributed by atoms with van der Waals surface area (Å²) in [6.45, 7) is 0. The lowest BCUT2D eigenvalue weighted by atomic mass is 9.97. The molecular weight excluding hydrogens is 891 g/mol. The van der Waals surface area contributed by atoms with Gasteiger partial charge in [0.05, 0.1) is 27.8 Å². The van der Waals surface area contributed by atoms with Crippen LogP contribution in [0.1, 0.15) is 0 Å². The van der Waals surface area contributed by atoms with Gasteiger partial charge in [-0.05, 0) is 71.8 Å². The van der Waals surface area contributed by atoms with Gasteiger partial charge in [-0.25, -0.2) is 15.0 Å². The van der Waals surface area contributed by atoms with Crippen LogP contribution in [-0.4, -0.2) is 24.1 Å². The van der Waals surface area contributed by atoms with Gasteiger partial charge in [-0.1, -0.05) is 164 Å². The van der Waals surface area contributed by atoms with Gasteiger partial charge in [-0.2, -0.15) is 0 Å². The number of hydrogen-bond donors (Lipinski definition) is 0. The summed E-state index contributed by atoms with van der Waals surface area (Å²) in [5, 5.41) is 9.50. The van der Waals surface area contributed by atoms with Gasteiger partial charge in [0.1, 0.15) is 0 Å². The molecule has 5 nitrogen and oxygen atoms in total. The number of para-hydroxylation sites is 4. The largest absolute Gasteiger partial charge is 0.307 e. The van der Waals surface area contributed by atoms with Gasteiger partial charge < -0.3 is 9.13 Å². The van der Waals surface area contributed by atoms with Crippen LogP contribution in [0.3, 0.4) is 0 Å². The van der Waals surface area contributed by atoms with Crippen LogP contribution in [0.25, 0.3) is 141 Å². The van der Waals surface area contributed by atoms with E-state index in [0.29, 0.717) is 17.5 Å².